The van der Waals surface area contributed by atoms with E-state index in [9.17, 15) is 4.79 Å². The van der Waals surface area contributed by atoms with Crippen LogP contribution in [0.4, 0.5) is 5.69 Å². The SMILES string of the molecule is COc1ccc(Cl)cc1NC(=O)c1ccc(-c2nnc3ncccn23)cc1. The largest absolute Gasteiger partial charge is 0.495 e. The molecule has 0 atom stereocenters. The number of methoxy groups -OCH3 is 1. The lowest BCUT2D eigenvalue weighted by Gasteiger charge is -2.10. The maximum absolute atomic E-state index is 12.6. The molecule has 0 saturated heterocycles. The van der Waals surface area contributed by atoms with E-state index in [1.165, 1.54) is 7.11 Å². The summed E-state index contributed by atoms with van der Waals surface area (Å²) in [6, 6.07) is 13.9. The minimum Gasteiger partial charge on any atom is -0.495 e. The van der Waals surface area contributed by atoms with Crippen molar-refractivity contribution in [2.24, 2.45) is 0 Å². The summed E-state index contributed by atoms with van der Waals surface area (Å²) < 4.78 is 7.03. The van der Waals surface area contributed by atoms with E-state index in [1.807, 2.05) is 18.3 Å². The minimum atomic E-state index is -0.269. The van der Waals surface area contributed by atoms with Crippen molar-refractivity contribution in [1.29, 1.82) is 0 Å². The van der Waals surface area contributed by atoms with Crippen LogP contribution < -0.4 is 10.1 Å². The molecule has 0 fully saturated rings. The first kappa shape index (κ1) is 17.0. The van der Waals surface area contributed by atoms with Gasteiger partial charge in [0.2, 0.25) is 0 Å². The Labute approximate surface area is 159 Å². The van der Waals surface area contributed by atoms with Gasteiger partial charge in [-0.2, -0.15) is 0 Å². The van der Waals surface area contributed by atoms with E-state index in [-0.39, 0.29) is 5.91 Å². The van der Waals surface area contributed by atoms with Crippen LogP contribution in [0, 0.1) is 0 Å². The van der Waals surface area contributed by atoms with Crippen molar-refractivity contribution in [1.82, 2.24) is 19.6 Å². The van der Waals surface area contributed by atoms with Crippen LogP contribution in [-0.2, 0) is 0 Å². The van der Waals surface area contributed by atoms with E-state index in [2.05, 4.69) is 20.5 Å². The molecule has 2 aromatic heterocycles. The van der Waals surface area contributed by atoms with Crippen LogP contribution in [0.3, 0.4) is 0 Å². The zero-order valence-corrected chi connectivity index (χ0v) is 15.0. The number of amides is 1. The molecule has 0 bridgehead atoms. The number of rotatable bonds is 4. The third kappa shape index (κ3) is 3.32. The quantitative estimate of drug-likeness (QED) is 0.584. The van der Waals surface area contributed by atoms with Gasteiger partial charge in [0.25, 0.3) is 11.7 Å². The first-order chi connectivity index (χ1) is 13.2. The van der Waals surface area contributed by atoms with E-state index in [4.69, 9.17) is 16.3 Å². The normalized spacial score (nSPS) is 10.7. The van der Waals surface area contributed by atoms with Gasteiger partial charge in [0.15, 0.2) is 5.82 Å². The van der Waals surface area contributed by atoms with Gasteiger partial charge in [0, 0.05) is 28.5 Å². The highest BCUT2D eigenvalue weighted by Crippen LogP contribution is 2.28. The molecule has 0 unspecified atom stereocenters. The van der Waals surface area contributed by atoms with Crippen LogP contribution in [0.15, 0.2) is 60.9 Å². The standard InChI is InChI=1S/C19H14ClN5O2/c1-27-16-8-7-14(20)11-15(16)22-18(26)13-5-3-12(4-6-13)17-23-24-19-21-9-2-10-25(17)19/h2-11H,1H3,(H,22,26). The van der Waals surface area contributed by atoms with Gasteiger partial charge in [0.05, 0.1) is 12.8 Å². The molecule has 0 saturated carbocycles. The Balaban J connectivity index is 1.59. The van der Waals surface area contributed by atoms with E-state index >= 15 is 0 Å². The van der Waals surface area contributed by atoms with Crippen molar-refractivity contribution in [3.8, 4) is 17.1 Å². The maximum atomic E-state index is 12.6. The van der Waals surface area contributed by atoms with Crippen LogP contribution in [0.5, 0.6) is 5.75 Å². The summed E-state index contributed by atoms with van der Waals surface area (Å²) in [5.74, 6) is 1.44. The van der Waals surface area contributed by atoms with E-state index in [0.717, 1.165) is 5.56 Å². The fraction of sp³-hybridized carbons (Fsp3) is 0.0526. The van der Waals surface area contributed by atoms with Crippen molar-refractivity contribution < 1.29 is 9.53 Å². The summed E-state index contributed by atoms with van der Waals surface area (Å²) in [6.45, 7) is 0. The number of carbonyl (C=O) groups is 1. The van der Waals surface area contributed by atoms with Crippen LogP contribution in [0.2, 0.25) is 5.02 Å². The number of halogens is 1. The number of aromatic nitrogens is 4. The predicted molar refractivity (Wildman–Crippen MR) is 102 cm³/mol. The topological polar surface area (TPSA) is 81.4 Å². The number of benzene rings is 2. The molecule has 1 amide bonds. The molecule has 0 aliphatic heterocycles. The van der Waals surface area contributed by atoms with Crippen LogP contribution in [0.25, 0.3) is 17.2 Å². The molecule has 4 aromatic rings. The predicted octanol–water partition coefficient (Wildman–Crippen LogP) is 3.71. The smallest absolute Gasteiger partial charge is 0.255 e. The molecular formula is C19H14ClN5O2. The maximum Gasteiger partial charge on any atom is 0.255 e. The molecule has 134 valence electrons. The molecule has 2 aromatic carbocycles. The van der Waals surface area contributed by atoms with Crippen molar-refractivity contribution in [3.63, 3.8) is 0 Å². The molecule has 0 aliphatic rings. The lowest BCUT2D eigenvalue weighted by molar-refractivity contribution is 0.102. The van der Waals surface area contributed by atoms with Gasteiger partial charge < -0.3 is 10.1 Å². The molecular weight excluding hydrogens is 366 g/mol. The number of hydrogen-bond acceptors (Lipinski definition) is 5. The molecule has 0 aliphatic carbocycles. The summed E-state index contributed by atoms with van der Waals surface area (Å²) in [4.78, 5) is 16.7. The van der Waals surface area contributed by atoms with Crippen molar-refractivity contribution in [3.05, 3.63) is 71.5 Å². The summed E-state index contributed by atoms with van der Waals surface area (Å²) in [5, 5.41) is 11.5. The van der Waals surface area contributed by atoms with E-state index in [0.29, 0.717) is 33.6 Å². The second kappa shape index (κ2) is 7.05. The molecule has 1 N–H and O–H groups in total. The van der Waals surface area contributed by atoms with Gasteiger partial charge >= 0.3 is 0 Å². The van der Waals surface area contributed by atoms with Gasteiger partial charge in [0.1, 0.15) is 5.75 Å². The third-order valence-corrected chi connectivity index (χ3v) is 4.24. The second-order valence-electron chi connectivity index (χ2n) is 5.69. The number of nitrogens with one attached hydrogen (secondary N) is 1. The molecule has 7 nitrogen and oxygen atoms in total. The van der Waals surface area contributed by atoms with Crippen molar-refractivity contribution in [2.75, 3.05) is 12.4 Å². The summed E-state index contributed by atoms with van der Waals surface area (Å²) >= 11 is 6.00. The monoisotopic (exact) mass is 379 g/mol. The molecule has 2 heterocycles. The van der Waals surface area contributed by atoms with Gasteiger partial charge in [-0.05, 0) is 36.4 Å². The van der Waals surface area contributed by atoms with Crippen molar-refractivity contribution >= 4 is 29.0 Å². The van der Waals surface area contributed by atoms with Gasteiger partial charge in [-0.3, -0.25) is 9.20 Å². The Morgan fingerprint density at radius 1 is 1.15 bits per heavy atom. The van der Waals surface area contributed by atoms with Crippen molar-refractivity contribution in [2.45, 2.75) is 0 Å². The number of anilines is 1. The third-order valence-electron chi connectivity index (χ3n) is 4.00. The minimum absolute atomic E-state index is 0.269. The Bertz CT molecular complexity index is 1120. The first-order valence-electron chi connectivity index (χ1n) is 8.07. The first-order valence-corrected chi connectivity index (χ1v) is 8.44. The number of fused-ring (bicyclic) bond motifs is 1. The fourth-order valence-corrected chi connectivity index (χ4v) is 2.85. The molecule has 8 heteroatoms. The number of carbonyl (C=O) groups excluding carboxylic acids is 1. The summed E-state index contributed by atoms with van der Waals surface area (Å²) in [5.41, 5.74) is 1.83. The Kier molecular flexibility index (Phi) is 4.43. The van der Waals surface area contributed by atoms with E-state index in [1.54, 1.807) is 47.0 Å². The van der Waals surface area contributed by atoms with E-state index < -0.39 is 0 Å². The number of nitrogens with zero attached hydrogens (tertiary/aromatic N) is 4. The highest BCUT2D eigenvalue weighted by atomic mass is 35.5. The second-order valence-corrected chi connectivity index (χ2v) is 6.13. The number of ether oxygens (including phenoxy) is 1. The van der Waals surface area contributed by atoms with Crippen LogP contribution in [-0.4, -0.2) is 32.6 Å². The lowest BCUT2D eigenvalue weighted by atomic mass is 10.1. The van der Waals surface area contributed by atoms with Gasteiger partial charge in [-0.25, -0.2) is 4.98 Å². The highest BCUT2D eigenvalue weighted by Gasteiger charge is 2.12. The molecule has 4 rings (SSSR count). The van der Waals surface area contributed by atoms with Crippen LogP contribution >= 0.6 is 11.6 Å². The molecule has 27 heavy (non-hydrogen) atoms. The highest BCUT2D eigenvalue weighted by molar-refractivity contribution is 6.31. The van der Waals surface area contributed by atoms with Gasteiger partial charge in [-0.15, -0.1) is 10.2 Å². The van der Waals surface area contributed by atoms with Gasteiger partial charge in [-0.1, -0.05) is 23.7 Å². The number of hydrogen-bond donors (Lipinski definition) is 1. The Morgan fingerprint density at radius 3 is 2.74 bits per heavy atom. The Hall–Kier alpha value is -3.45. The summed E-state index contributed by atoms with van der Waals surface area (Å²) in [6.07, 6.45) is 3.50. The average Bonchev–Trinajstić information content (AvgIpc) is 3.12. The fourth-order valence-electron chi connectivity index (χ4n) is 2.68. The zero-order chi connectivity index (χ0) is 18.8. The lowest BCUT2D eigenvalue weighted by Crippen LogP contribution is -2.12. The summed E-state index contributed by atoms with van der Waals surface area (Å²) in [7, 11) is 1.53. The Morgan fingerprint density at radius 2 is 1.96 bits per heavy atom. The van der Waals surface area contributed by atoms with Crippen LogP contribution in [0.1, 0.15) is 10.4 Å². The molecule has 0 radical (unpaired) electrons. The molecule has 0 spiro atoms. The zero-order valence-electron chi connectivity index (χ0n) is 14.3. The average molecular weight is 380 g/mol.